The number of benzene rings is 2. The monoisotopic (exact) mass is 262 g/mol. The zero-order valence-electron chi connectivity index (χ0n) is 9.99. The Hall–Kier alpha value is -2.43. The first-order valence-electron chi connectivity index (χ1n) is 5.64. The number of anilines is 1. The average Bonchev–Trinajstić information content (AvgIpc) is 2.39. The fourth-order valence-corrected chi connectivity index (χ4v) is 1.66. The molecule has 0 aliphatic heterocycles. The highest BCUT2D eigenvalue weighted by atomic mass is 19.1. The molecule has 98 valence electrons. The van der Waals surface area contributed by atoms with Gasteiger partial charge in [0, 0.05) is 6.54 Å². The summed E-state index contributed by atoms with van der Waals surface area (Å²) < 4.78 is 26.2. The topological polar surface area (TPSA) is 55.1 Å². The summed E-state index contributed by atoms with van der Waals surface area (Å²) in [6.07, 6.45) is 0. The SMILES string of the molecule is Nc1c(F)cccc1C(=O)NCc1cccc(F)c1. The summed E-state index contributed by atoms with van der Waals surface area (Å²) in [7, 11) is 0. The predicted molar refractivity (Wildman–Crippen MR) is 68.4 cm³/mol. The van der Waals surface area contributed by atoms with E-state index in [1.165, 1.54) is 30.3 Å². The summed E-state index contributed by atoms with van der Waals surface area (Å²) >= 11 is 0. The molecule has 19 heavy (non-hydrogen) atoms. The number of halogens is 2. The smallest absolute Gasteiger partial charge is 0.253 e. The van der Waals surface area contributed by atoms with Gasteiger partial charge in [-0.05, 0) is 29.8 Å². The van der Waals surface area contributed by atoms with E-state index in [4.69, 9.17) is 5.73 Å². The highest BCUT2D eigenvalue weighted by molar-refractivity contribution is 5.99. The Morgan fingerprint density at radius 2 is 1.89 bits per heavy atom. The third-order valence-corrected chi connectivity index (χ3v) is 2.64. The minimum absolute atomic E-state index is 0.0661. The van der Waals surface area contributed by atoms with Gasteiger partial charge in [-0.15, -0.1) is 0 Å². The predicted octanol–water partition coefficient (Wildman–Crippen LogP) is 2.48. The lowest BCUT2D eigenvalue weighted by molar-refractivity contribution is 0.0951. The van der Waals surface area contributed by atoms with E-state index in [-0.39, 0.29) is 23.6 Å². The standard InChI is InChI=1S/C14H12F2N2O/c15-10-4-1-3-9(7-10)8-18-14(19)11-5-2-6-12(16)13(11)17/h1-7H,8,17H2,(H,18,19). The Balaban J connectivity index is 2.08. The van der Waals surface area contributed by atoms with Gasteiger partial charge in [-0.25, -0.2) is 8.78 Å². The van der Waals surface area contributed by atoms with Crippen molar-refractivity contribution in [1.82, 2.24) is 5.32 Å². The number of rotatable bonds is 3. The van der Waals surface area contributed by atoms with Crippen molar-refractivity contribution in [2.75, 3.05) is 5.73 Å². The molecule has 3 nitrogen and oxygen atoms in total. The maximum absolute atomic E-state index is 13.2. The van der Waals surface area contributed by atoms with Crippen molar-refractivity contribution in [3.05, 3.63) is 65.2 Å². The van der Waals surface area contributed by atoms with Gasteiger partial charge in [-0.3, -0.25) is 4.79 Å². The van der Waals surface area contributed by atoms with Crippen LogP contribution in [0.4, 0.5) is 14.5 Å². The molecular weight excluding hydrogens is 250 g/mol. The maximum atomic E-state index is 13.2. The fourth-order valence-electron chi connectivity index (χ4n) is 1.66. The van der Waals surface area contributed by atoms with Crippen LogP contribution in [-0.2, 0) is 6.54 Å². The first-order valence-corrected chi connectivity index (χ1v) is 5.64. The molecule has 3 N–H and O–H groups in total. The normalized spacial score (nSPS) is 10.2. The number of carbonyl (C=O) groups is 1. The van der Waals surface area contributed by atoms with Gasteiger partial charge in [0.1, 0.15) is 11.6 Å². The molecule has 0 radical (unpaired) electrons. The number of nitrogens with two attached hydrogens (primary N) is 1. The Labute approximate surface area is 109 Å². The molecule has 0 saturated heterocycles. The molecule has 1 amide bonds. The molecule has 0 heterocycles. The zero-order chi connectivity index (χ0) is 13.8. The number of amides is 1. The largest absolute Gasteiger partial charge is 0.396 e. The molecular formula is C14H12F2N2O. The highest BCUT2D eigenvalue weighted by Crippen LogP contribution is 2.15. The van der Waals surface area contributed by atoms with E-state index in [0.717, 1.165) is 0 Å². The van der Waals surface area contributed by atoms with E-state index >= 15 is 0 Å². The lowest BCUT2D eigenvalue weighted by atomic mass is 10.1. The number of para-hydroxylation sites is 1. The van der Waals surface area contributed by atoms with Gasteiger partial charge in [-0.1, -0.05) is 18.2 Å². The second kappa shape index (κ2) is 5.48. The van der Waals surface area contributed by atoms with Crippen LogP contribution in [0.3, 0.4) is 0 Å². The van der Waals surface area contributed by atoms with E-state index < -0.39 is 11.7 Å². The number of carbonyl (C=O) groups excluding carboxylic acids is 1. The van der Waals surface area contributed by atoms with Crippen LogP contribution in [0, 0.1) is 11.6 Å². The summed E-state index contributed by atoms with van der Waals surface area (Å²) in [5, 5.41) is 2.56. The van der Waals surface area contributed by atoms with Crippen LogP contribution in [0.25, 0.3) is 0 Å². The molecule has 0 saturated carbocycles. The van der Waals surface area contributed by atoms with Crippen molar-refractivity contribution in [1.29, 1.82) is 0 Å². The number of nitrogen functional groups attached to an aromatic ring is 1. The minimum atomic E-state index is -0.640. The minimum Gasteiger partial charge on any atom is -0.396 e. The summed E-state index contributed by atoms with van der Waals surface area (Å²) in [5.74, 6) is -1.52. The third kappa shape index (κ3) is 3.07. The van der Waals surface area contributed by atoms with Crippen molar-refractivity contribution in [3.63, 3.8) is 0 Å². The molecule has 0 aliphatic rings. The molecule has 0 spiro atoms. The van der Waals surface area contributed by atoms with Gasteiger partial charge in [-0.2, -0.15) is 0 Å². The summed E-state index contributed by atoms with van der Waals surface area (Å²) in [6.45, 7) is 0.145. The third-order valence-electron chi connectivity index (χ3n) is 2.64. The maximum Gasteiger partial charge on any atom is 0.253 e. The number of hydrogen-bond acceptors (Lipinski definition) is 2. The molecule has 0 aromatic heterocycles. The molecule has 0 bridgehead atoms. The van der Waals surface area contributed by atoms with Gasteiger partial charge in [0.15, 0.2) is 0 Å². The van der Waals surface area contributed by atoms with Crippen molar-refractivity contribution >= 4 is 11.6 Å². The van der Waals surface area contributed by atoms with Crippen LogP contribution in [0.15, 0.2) is 42.5 Å². The molecule has 2 rings (SSSR count). The van der Waals surface area contributed by atoms with Crippen LogP contribution >= 0.6 is 0 Å². The van der Waals surface area contributed by atoms with Crippen LogP contribution in [0.2, 0.25) is 0 Å². The molecule has 0 aliphatic carbocycles. The first kappa shape index (κ1) is 13.0. The molecule has 5 heteroatoms. The Morgan fingerprint density at radius 3 is 2.63 bits per heavy atom. The van der Waals surface area contributed by atoms with Crippen LogP contribution in [0.5, 0.6) is 0 Å². The quantitative estimate of drug-likeness (QED) is 0.835. The van der Waals surface area contributed by atoms with Crippen LogP contribution in [-0.4, -0.2) is 5.91 Å². The van der Waals surface area contributed by atoms with E-state index in [9.17, 15) is 13.6 Å². The lowest BCUT2D eigenvalue weighted by Gasteiger charge is -2.08. The van der Waals surface area contributed by atoms with E-state index in [1.54, 1.807) is 12.1 Å². The summed E-state index contributed by atoms with van der Waals surface area (Å²) in [5.41, 5.74) is 5.97. The van der Waals surface area contributed by atoms with E-state index in [0.29, 0.717) is 5.56 Å². The van der Waals surface area contributed by atoms with Crippen molar-refractivity contribution in [2.24, 2.45) is 0 Å². The van der Waals surface area contributed by atoms with E-state index in [2.05, 4.69) is 5.32 Å². The van der Waals surface area contributed by atoms with Gasteiger partial charge in [0.2, 0.25) is 0 Å². The number of hydrogen-bond donors (Lipinski definition) is 2. The summed E-state index contributed by atoms with van der Waals surface area (Å²) in [4.78, 5) is 11.8. The molecule has 2 aromatic rings. The molecule has 0 unspecified atom stereocenters. The van der Waals surface area contributed by atoms with Crippen molar-refractivity contribution < 1.29 is 13.6 Å². The van der Waals surface area contributed by atoms with Crippen molar-refractivity contribution in [2.45, 2.75) is 6.54 Å². The summed E-state index contributed by atoms with van der Waals surface area (Å²) in [6, 6.07) is 9.87. The molecule has 0 fully saturated rings. The zero-order valence-corrected chi connectivity index (χ0v) is 9.99. The van der Waals surface area contributed by atoms with Gasteiger partial charge in [0.25, 0.3) is 5.91 Å². The second-order valence-electron chi connectivity index (χ2n) is 4.01. The van der Waals surface area contributed by atoms with Gasteiger partial charge in [0.05, 0.1) is 11.3 Å². The second-order valence-corrected chi connectivity index (χ2v) is 4.01. The molecule has 2 aromatic carbocycles. The Kier molecular flexibility index (Phi) is 3.75. The first-order chi connectivity index (χ1) is 9.08. The lowest BCUT2D eigenvalue weighted by Crippen LogP contribution is -2.24. The van der Waals surface area contributed by atoms with Crippen molar-refractivity contribution in [3.8, 4) is 0 Å². The van der Waals surface area contributed by atoms with Crippen LogP contribution in [0.1, 0.15) is 15.9 Å². The average molecular weight is 262 g/mol. The number of nitrogens with one attached hydrogen (secondary N) is 1. The van der Waals surface area contributed by atoms with Crippen LogP contribution < -0.4 is 11.1 Å². The Bertz CT molecular complexity index is 614. The van der Waals surface area contributed by atoms with Gasteiger partial charge < -0.3 is 11.1 Å². The van der Waals surface area contributed by atoms with E-state index in [1.807, 2.05) is 0 Å². The molecule has 0 atom stereocenters. The fraction of sp³-hybridized carbons (Fsp3) is 0.0714. The Morgan fingerprint density at radius 1 is 1.16 bits per heavy atom. The van der Waals surface area contributed by atoms with Gasteiger partial charge >= 0.3 is 0 Å². The highest BCUT2D eigenvalue weighted by Gasteiger charge is 2.12.